The van der Waals surface area contributed by atoms with Crippen LogP contribution in [0.1, 0.15) is 43.0 Å². The SMILES string of the molecule is Cc1c(NN)nc(C2CC2)nc1N1CCCC1CO. The van der Waals surface area contributed by atoms with E-state index in [1.807, 2.05) is 6.92 Å². The zero-order chi connectivity index (χ0) is 13.4. The molecule has 0 aromatic carbocycles. The summed E-state index contributed by atoms with van der Waals surface area (Å²) in [5.41, 5.74) is 3.64. The summed E-state index contributed by atoms with van der Waals surface area (Å²) in [5, 5.41) is 9.48. The number of aliphatic hydroxyl groups is 1. The molecule has 0 amide bonds. The Bertz CT molecular complexity index is 474. The van der Waals surface area contributed by atoms with Crippen LogP contribution in [0.25, 0.3) is 0 Å². The molecular weight excluding hydrogens is 242 g/mol. The number of aromatic nitrogens is 2. The highest BCUT2D eigenvalue weighted by molar-refractivity contribution is 5.59. The average molecular weight is 263 g/mol. The first-order chi connectivity index (χ1) is 9.24. The first-order valence-electron chi connectivity index (χ1n) is 6.97. The third kappa shape index (κ3) is 2.26. The van der Waals surface area contributed by atoms with Crippen LogP contribution in [0.4, 0.5) is 11.6 Å². The predicted molar refractivity (Wildman–Crippen MR) is 74.0 cm³/mol. The number of anilines is 2. The molecule has 1 aliphatic heterocycles. The van der Waals surface area contributed by atoms with Crippen molar-refractivity contribution in [3.8, 4) is 0 Å². The lowest BCUT2D eigenvalue weighted by Crippen LogP contribution is -2.34. The van der Waals surface area contributed by atoms with Gasteiger partial charge in [0.25, 0.3) is 0 Å². The van der Waals surface area contributed by atoms with Crippen molar-refractivity contribution in [3.05, 3.63) is 11.4 Å². The number of nitrogens with zero attached hydrogens (tertiary/aromatic N) is 3. The first kappa shape index (κ1) is 12.6. The Morgan fingerprint density at radius 3 is 2.79 bits per heavy atom. The Labute approximate surface area is 113 Å². The molecule has 1 atom stereocenters. The van der Waals surface area contributed by atoms with Gasteiger partial charge in [0.1, 0.15) is 17.5 Å². The summed E-state index contributed by atoms with van der Waals surface area (Å²) in [6, 6.07) is 0.172. The largest absolute Gasteiger partial charge is 0.394 e. The van der Waals surface area contributed by atoms with Gasteiger partial charge < -0.3 is 15.4 Å². The van der Waals surface area contributed by atoms with E-state index in [4.69, 9.17) is 10.8 Å². The van der Waals surface area contributed by atoms with Gasteiger partial charge in [-0.15, -0.1) is 0 Å². The Hall–Kier alpha value is -1.40. The standard InChI is InChI=1S/C13H21N5O/c1-8-11(17-14)15-12(9-4-5-9)16-13(8)18-6-2-3-10(18)7-19/h9-10,19H,2-7,14H2,1H3,(H,15,16,17). The normalized spacial score (nSPS) is 22.9. The van der Waals surface area contributed by atoms with Crippen molar-refractivity contribution in [2.45, 2.75) is 44.6 Å². The van der Waals surface area contributed by atoms with Gasteiger partial charge in [0.2, 0.25) is 0 Å². The van der Waals surface area contributed by atoms with E-state index in [2.05, 4.69) is 15.3 Å². The predicted octanol–water partition coefficient (Wildman–Crippen LogP) is 0.909. The molecular formula is C13H21N5O. The Morgan fingerprint density at radius 1 is 1.37 bits per heavy atom. The van der Waals surface area contributed by atoms with Crippen LogP contribution in [0.5, 0.6) is 0 Å². The van der Waals surface area contributed by atoms with Gasteiger partial charge in [-0.3, -0.25) is 0 Å². The van der Waals surface area contributed by atoms with Crippen LogP contribution in [-0.4, -0.2) is 34.3 Å². The fourth-order valence-electron chi connectivity index (χ4n) is 2.77. The minimum Gasteiger partial charge on any atom is -0.394 e. The smallest absolute Gasteiger partial charge is 0.148 e. The quantitative estimate of drug-likeness (QED) is 0.553. The summed E-state index contributed by atoms with van der Waals surface area (Å²) in [6.45, 7) is 3.10. The molecule has 2 fully saturated rings. The maximum atomic E-state index is 9.48. The maximum absolute atomic E-state index is 9.48. The second kappa shape index (κ2) is 4.94. The highest BCUT2D eigenvalue weighted by Gasteiger charge is 2.31. The Kier molecular flexibility index (Phi) is 3.28. The third-order valence-electron chi connectivity index (χ3n) is 4.08. The molecule has 104 valence electrons. The van der Waals surface area contributed by atoms with Gasteiger partial charge in [0.05, 0.1) is 12.6 Å². The van der Waals surface area contributed by atoms with Crippen LogP contribution in [0, 0.1) is 6.92 Å². The molecule has 0 radical (unpaired) electrons. The number of nitrogen functional groups attached to an aromatic ring is 1. The molecule has 4 N–H and O–H groups in total. The fourth-order valence-corrected chi connectivity index (χ4v) is 2.77. The monoisotopic (exact) mass is 263 g/mol. The van der Waals surface area contributed by atoms with Crippen LogP contribution in [0.2, 0.25) is 0 Å². The zero-order valence-corrected chi connectivity index (χ0v) is 11.3. The molecule has 19 heavy (non-hydrogen) atoms. The van der Waals surface area contributed by atoms with E-state index in [1.165, 1.54) is 0 Å². The van der Waals surface area contributed by atoms with Crippen LogP contribution in [0.3, 0.4) is 0 Å². The number of hydrogen-bond acceptors (Lipinski definition) is 6. The molecule has 6 nitrogen and oxygen atoms in total. The zero-order valence-electron chi connectivity index (χ0n) is 11.3. The average Bonchev–Trinajstić information content (AvgIpc) is 3.17. The number of nitrogens with two attached hydrogens (primary N) is 1. The lowest BCUT2D eigenvalue weighted by Gasteiger charge is -2.26. The minimum atomic E-state index is 0.172. The minimum absolute atomic E-state index is 0.172. The van der Waals surface area contributed by atoms with E-state index in [0.29, 0.717) is 11.7 Å². The summed E-state index contributed by atoms with van der Waals surface area (Å²) >= 11 is 0. The van der Waals surface area contributed by atoms with Crippen molar-refractivity contribution in [1.82, 2.24) is 9.97 Å². The van der Waals surface area contributed by atoms with E-state index in [0.717, 1.165) is 49.4 Å². The van der Waals surface area contributed by atoms with Gasteiger partial charge in [-0.25, -0.2) is 15.8 Å². The lowest BCUT2D eigenvalue weighted by molar-refractivity contribution is 0.266. The molecule has 1 saturated carbocycles. The number of hydrazine groups is 1. The molecule has 2 heterocycles. The summed E-state index contributed by atoms with van der Waals surface area (Å²) < 4.78 is 0. The van der Waals surface area contributed by atoms with E-state index < -0.39 is 0 Å². The summed E-state index contributed by atoms with van der Waals surface area (Å²) in [5.74, 6) is 8.58. The molecule has 0 bridgehead atoms. The van der Waals surface area contributed by atoms with E-state index in [-0.39, 0.29) is 12.6 Å². The highest BCUT2D eigenvalue weighted by atomic mass is 16.3. The van der Waals surface area contributed by atoms with Crippen molar-refractivity contribution in [2.24, 2.45) is 5.84 Å². The van der Waals surface area contributed by atoms with Crippen LogP contribution < -0.4 is 16.2 Å². The maximum Gasteiger partial charge on any atom is 0.148 e. The summed E-state index contributed by atoms with van der Waals surface area (Å²) in [4.78, 5) is 11.4. The van der Waals surface area contributed by atoms with E-state index in [9.17, 15) is 5.11 Å². The first-order valence-corrected chi connectivity index (χ1v) is 6.97. The molecule has 1 aromatic heterocycles. The number of hydrogen-bond donors (Lipinski definition) is 3. The van der Waals surface area contributed by atoms with Crippen molar-refractivity contribution in [2.75, 3.05) is 23.5 Å². The molecule has 2 aliphatic rings. The van der Waals surface area contributed by atoms with Crippen molar-refractivity contribution >= 4 is 11.6 Å². The van der Waals surface area contributed by atoms with Gasteiger partial charge in [-0.05, 0) is 32.6 Å². The molecule has 3 rings (SSSR count). The van der Waals surface area contributed by atoms with Crippen molar-refractivity contribution < 1.29 is 5.11 Å². The van der Waals surface area contributed by atoms with Gasteiger partial charge in [-0.2, -0.15) is 0 Å². The second-order valence-electron chi connectivity index (χ2n) is 5.47. The second-order valence-corrected chi connectivity index (χ2v) is 5.47. The molecule has 1 aromatic rings. The molecule has 6 heteroatoms. The van der Waals surface area contributed by atoms with Gasteiger partial charge in [0, 0.05) is 18.0 Å². The molecule has 0 spiro atoms. The lowest BCUT2D eigenvalue weighted by atomic mass is 10.2. The van der Waals surface area contributed by atoms with Crippen molar-refractivity contribution in [3.63, 3.8) is 0 Å². The van der Waals surface area contributed by atoms with E-state index in [1.54, 1.807) is 0 Å². The van der Waals surface area contributed by atoms with Gasteiger partial charge >= 0.3 is 0 Å². The fraction of sp³-hybridized carbons (Fsp3) is 0.692. The summed E-state index contributed by atoms with van der Waals surface area (Å²) in [6.07, 6.45) is 4.44. The van der Waals surface area contributed by atoms with Gasteiger partial charge in [-0.1, -0.05) is 0 Å². The Morgan fingerprint density at radius 2 is 2.16 bits per heavy atom. The van der Waals surface area contributed by atoms with Crippen LogP contribution in [-0.2, 0) is 0 Å². The molecule has 1 unspecified atom stereocenters. The van der Waals surface area contributed by atoms with Crippen LogP contribution in [0.15, 0.2) is 0 Å². The topological polar surface area (TPSA) is 87.3 Å². The third-order valence-corrected chi connectivity index (χ3v) is 4.08. The number of aliphatic hydroxyl groups excluding tert-OH is 1. The highest BCUT2D eigenvalue weighted by Crippen LogP contribution is 2.40. The molecule has 1 aliphatic carbocycles. The summed E-state index contributed by atoms with van der Waals surface area (Å²) in [7, 11) is 0. The number of rotatable bonds is 4. The molecule has 1 saturated heterocycles. The van der Waals surface area contributed by atoms with Gasteiger partial charge in [0.15, 0.2) is 0 Å². The van der Waals surface area contributed by atoms with E-state index >= 15 is 0 Å². The Balaban J connectivity index is 2.00. The van der Waals surface area contributed by atoms with Crippen molar-refractivity contribution in [1.29, 1.82) is 0 Å². The number of nitrogens with one attached hydrogen (secondary N) is 1. The van der Waals surface area contributed by atoms with Crippen LogP contribution >= 0.6 is 0 Å².